The van der Waals surface area contributed by atoms with Crippen LogP contribution in [0.3, 0.4) is 0 Å². The molecule has 1 aliphatic heterocycles. The van der Waals surface area contributed by atoms with Gasteiger partial charge >= 0.3 is 0 Å². The highest BCUT2D eigenvalue weighted by Gasteiger charge is 2.38. The van der Waals surface area contributed by atoms with E-state index < -0.39 is 10.0 Å². The fourth-order valence-electron chi connectivity index (χ4n) is 3.58. The summed E-state index contributed by atoms with van der Waals surface area (Å²) >= 11 is 0. The van der Waals surface area contributed by atoms with Gasteiger partial charge in [-0.1, -0.05) is 24.3 Å². The van der Waals surface area contributed by atoms with Gasteiger partial charge < -0.3 is 4.57 Å². The van der Waals surface area contributed by atoms with E-state index in [1.165, 1.54) is 22.9 Å². The first-order valence-electron chi connectivity index (χ1n) is 9.14. The Hall–Kier alpha value is -2.58. The smallest absolute Gasteiger partial charge is 0.262 e. The van der Waals surface area contributed by atoms with E-state index in [4.69, 9.17) is 0 Å². The minimum Gasteiger partial charge on any atom is -0.339 e. The summed E-state index contributed by atoms with van der Waals surface area (Å²) in [6.45, 7) is 0.433. The number of hydrogen-bond acceptors (Lipinski definition) is 4. The number of halogens is 1. The van der Waals surface area contributed by atoms with Gasteiger partial charge in [-0.05, 0) is 36.6 Å². The quantitative estimate of drug-likeness (QED) is 0.660. The molecule has 3 aromatic rings. The highest BCUT2D eigenvalue weighted by atomic mass is 32.2. The molecule has 1 fully saturated rings. The number of aromatic nitrogens is 3. The molecule has 8 heteroatoms. The van der Waals surface area contributed by atoms with Crippen molar-refractivity contribution < 1.29 is 12.8 Å². The lowest BCUT2D eigenvalue weighted by molar-refractivity contribution is 0.388. The van der Waals surface area contributed by atoms with Crippen molar-refractivity contribution in [2.45, 2.75) is 30.3 Å². The molecule has 3 heterocycles. The summed E-state index contributed by atoms with van der Waals surface area (Å²) in [4.78, 5) is 8.67. The molecule has 0 amide bonds. The minimum atomic E-state index is -3.69. The second-order valence-corrected chi connectivity index (χ2v) is 8.81. The van der Waals surface area contributed by atoms with Crippen molar-refractivity contribution in [2.24, 2.45) is 7.05 Å². The van der Waals surface area contributed by atoms with E-state index in [0.29, 0.717) is 36.3 Å². The number of sulfonamides is 1. The van der Waals surface area contributed by atoms with Crippen LogP contribution < -0.4 is 0 Å². The number of benzene rings is 1. The highest BCUT2D eigenvalue weighted by molar-refractivity contribution is 7.89. The van der Waals surface area contributed by atoms with E-state index in [0.717, 1.165) is 6.42 Å². The van der Waals surface area contributed by atoms with Crippen LogP contribution in [0.5, 0.6) is 0 Å². The number of imidazole rings is 1. The number of rotatable bonds is 5. The summed E-state index contributed by atoms with van der Waals surface area (Å²) in [6, 6.07) is 11.8. The first kappa shape index (κ1) is 18.8. The Balaban J connectivity index is 1.62. The van der Waals surface area contributed by atoms with Gasteiger partial charge in [-0.15, -0.1) is 0 Å². The maximum atomic E-state index is 14.0. The van der Waals surface area contributed by atoms with Gasteiger partial charge in [-0.2, -0.15) is 4.31 Å². The van der Waals surface area contributed by atoms with Crippen LogP contribution in [0.1, 0.15) is 35.8 Å². The van der Waals surface area contributed by atoms with Crippen LogP contribution in [0, 0.1) is 5.82 Å². The predicted molar refractivity (Wildman–Crippen MR) is 103 cm³/mol. The first-order valence-corrected chi connectivity index (χ1v) is 10.6. The largest absolute Gasteiger partial charge is 0.339 e. The Morgan fingerprint density at radius 3 is 2.75 bits per heavy atom. The number of aryl methyl sites for hydroxylation is 1. The molecule has 0 aliphatic carbocycles. The van der Waals surface area contributed by atoms with Crippen molar-refractivity contribution in [2.75, 3.05) is 6.54 Å². The lowest BCUT2D eigenvalue weighted by Gasteiger charge is -2.23. The third-order valence-corrected chi connectivity index (χ3v) is 6.75. The van der Waals surface area contributed by atoms with Crippen LogP contribution >= 0.6 is 0 Å². The van der Waals surface area contributed by atoms with E-state index in [-0.39, 0.29) is 16.9 Å². The molecular formula is C20H21FN4O2S. The first-order chi connectivity index (χ1) is 13.4. The fraction of sp³-hybridized carbons (Fsp3) is 0.300. The summed E-state index contributed by atoms with van der Waals surface area (Å²) in [5, 5.41) is 0.0458. The van der Waals surface area contributed by atoms with Crippen molar-refractivity contribution in [3.05, 3.63) is 77.8 Å². The molecule has 0 N–H and O–H groups in total. The zero-order chi connectivity index (χ0) is 19.7. The summed E-state index contributed by atoms with van der Waals surface area (Å²) in [5.41, 5.74) is 1.96. The van der Waals surface area contributed by atoms with Gasteiger partial charge in [0.05, 0.1) is 18.1 Å². The molecule has 1 aromatic carbocycles. The molecule has 1 unspecified atom stereocenters. The molecule has 4 rings (SSSR count). The van der Waals surface area contributed by atoms with Gasteiger partial charge in [0.1, 0.15) is 5.82 Å². The van der Waals surface area contributed by atoms with E-state index in [2.05, 4.69) is 9.97 Å². The maximum absolute atomic E-state index is 14.0. The van der Waals surface area contributed by atoms with Gasteiger partial charge in [0.15, 0.2) is 5.03 Å². The molecular weight excluding hydrogens is 379 g/mol. The Morgan fingerprint density at radius 2 is 2.00 bits per heavy atom. The monoisotopic (exact) mass is 400 g/mol. The summed E-state index contributed by atoms with van der Waals surface area (Å²) < 4.78 is 43.1. The molecule has 6 nitrogen and oxygen atoms in total. The topological polar surface area (TPSA) is 68.1 Å². The van der Waals surface area contributed by atoms with Crippen LogP contribution in [0.4, 0.5) is 4.39 Å². The second-order valence-electron chi connectivity index (χ2n) is 6.97. The molecule has 1 aliphatic rings. The predicted octanol–water partition coefficient (Wildman–Crippen LogP) is 3.07. The third-order valence-electron chi connectivity index (χ3n) is 4.96. The van der Waals surface area contributed by atoms with E-state index in [9.17, 15) is 12.8 Å². The van der Waals surface area contributed by atoms with Crippen LogP contribution in [0.25, 0.3) is 0 Å². The van der Waals surface area contributed by atoms with Gasteiger partial charge in [0, 0.05) is 31.9 Å². The summed E-state index contributed by atoms with van der Waals surface area (Å²) in [5.74, 6) is -0.269. The average molecular weight is 400 g/mol. The van der Waals surface area contributed by atoms with E-state index in [1.807, 2.05) is 18.2 Å². The van der Waals surface area contributed by atoms with E-state index >= 15 is 0 Å². The van der Waals surface area contributed by atoms with Crippen molar-refractivity contribution in [1.29, 1.82) is 0 Å². The van der Waals surface area contributed by atoms with Gasteiger partial charge in [0.2, 0.25) is 0 Å². The Bertz CT molecular complexity index is 1100. The van der Waals surface area contributed by atoms with Crippen LogP contribution in [0.2, 0.25) is 0 Å². The normalized spacial score (nSPS) is 17.9. The average Bonchev–Trinajstić information content (AvgIpc) is 3.34. The lowest BCUT2D eigenvalue weighted by atomic mass is 10.1. The van der Waals surface area contributed by atoms with Crippen molar-refractivity contribution in [1.82, 2.24) is 18.8 Å². The fourth-order valence-corrected chi connectivity index (χ4v) is 5.22. The maximum Gasteiger partial charge on any atom is 0.262 e. The standard InChI is InChI=1S/C20H21FN4O2S/c1-24-13-20(22-14-24)28(26,27)25-11-5-10-19(25)18-9-4-7-16(23-18)12-15-6-2-3-8-17(15)21/h2-4,6-9,13-14,19H,5,10-12H2,1H3. The molecule has 2 aromatic heterocycles. The lowest BCUT2D eigenvalue weighted by Crippen LogP contribution is -2.31. The molecule has 146 valence electrons. The molecule has 1 atom stereocenters. The number of pyridine rings is 1. The zero-order valence-corrected chi connectivity index (χ0v) is 16.3. The summed E-state index contributed by atoms with van der Waals surface area (Å²) in [6.07, 6.45) is 4.80. The van der Waals surface area contributed by atoms with Gasteiger partial charge in [-0.3, -0.25) is 4.98 Å². The Morgan fingerprint density at radius 1 is 1.18 bits per heavy atom. The van der Waals surface area contributed by atoms with Crippen LogP contribution in [-0.2, 0) is 23.5 Å². The van der Waals surface area contributed by atoms with Gasteiger partial charge in [0.25, 0.3) is 10.0 Å². The molecule has 28 heavy (non-hydrogen) atoms. The molecule has 0 saturated carbocycles. The van der Waals surface area contributed by atoms with E-state index in [1.54, 1.807) is 29.8 Å². The molecule has 0 spiro atoms. The Labute approximate surface area is 163 Å². The molecule has 0 radical (unpaired) electrons. The molecule has 0 bridgehead atoms. The minimum absolute atomic E-state index is 0.0458. The zero-order valence-electron chi connectivity index (χ0n) is 15.5. The van der Waals surface area contributed by atoms with Crippen LogP contribution in [0.15, 0.2) is 60.0 Å². The Kier molecular flexibility index (Phi) is 4.99. The summed E-state index contributed by atoms with van der Waals surface area (Å²) in [7, 11) is -1.95. The highest BCUT2D eigenvalue weighted by Crippen LogP contribution is 2.35. The molecule has 1 saturated heterocycles. The number of hydrogen-bond donors (Lipinski definition) is 0. The van der Waals surface area contributed by atoms with Crippen LogP contribution in [-0.4, -0.2) is 33.8 Å². The second kappa shape index (κ2) is 7.44. The number of nitrogens with zero attached hydrogens (tertiary/aromatic N) is 4. The van der Waals surface area contributed by atoms with Crippen molar-refractivity contribution in [3.63, 3.8) is 0 Å². The van der Waals surface area contributed by atoms with Crippen molar-refractivity contribution in [3.8, 4) is 0 Å². The SMILES string of the molecule is Cn1cnc(S(=O)(=O)N2CCCC2c2cccc(Cc3ccccc3F)n2)c1. The van der Waals surface area contributed by atoms with Gasteiger partial charge in [-0.25, -0.2) is 17.8 Å². The third kappa shape index (κ3) is 3.57. The van der Waals surface area contributed by atoms with Crippen molar-refractivity contribution >= 4 is 10.0 Å².